The number of carbonyl (C=O) groups is 1. The topological polar surface area (TPSA) is 53.5 Å². The zero-order chi connectivity index (χ0) is 18.4. The predicted octanol–water partition coefficient (Wildman–Crippen LogP) is 4.04. The van der Waals surface area contributed by atoms with E-state index >= 15 is 0 Å². The number of amides is 2. The number of halogens is 1. The molecule has 4 nitrogen and oxygen atoms in total. The molecule has 0 aliphatic heterocycles. The van der Waals surface area contributed by atoms with Crippen molar-refractivity contribution in [2.24, 2.45) is 4.99 Å². The molecule has 0 radical (unpaired) electrons. The summed E-state index contributed by atoms with van der Waals surface area (Å²) in [5.41, 5.74) is 4.68. The first-order valence-electron chi connectivity index (χ1n) is 7.96. The van der Waals surface area contributed by atoms with Gasteiger partial charge < -0.3 is 10.6 Å². The largest absolute Gasteiger partial charge is 0.345 e. The van der Waals surface area contributed by atoms with Gasteiger partial charge in [0.25, 0.3) is 0 Å². The lowest BCUT2D eigenvalue weighted by Gasteiger charge is -2.12. The summed E-state index contributed by atoms with van der Waals surface area (Å²) in [5.74, 6) is -0.327. The number of carbonyl (C=O) groups excluding carboxylic acids is 1. The van der Waals surface area contributed by atoms with Gasteiger partial charge in [0.2, 0.25) is 0 Å². The van der Waals surface area contributed by atoms with E-state index in [0.29, 0.717) is 17.0 Å². The molecular formula is C20H22FN3O. The lowest BCUT2D eigenvalue weighted by Crippen LogP contribution is -2.19. The van der Waals surface area contributed by atoms with Crippen LogP contribution in [-0.4, -0.2) is 18.8 Å². The van der Waals surface area contributed by atoms with E-state index in [4.69, 9.17) is 0 Å². The summed E-state index contributed by atoms with van der Waals surface area (Å²) in [7, 11) is 1.88. The van der Waals surface area contributed by atoms with Crippen LogP contribution in [0.15, 0.2) is 54.0 Å². The maximum Gasteiger partial charge on any atom is 0.345 e. The minimum atomic E-state index is -0.509. The van der Waals surface area contributed by atoms with Gasteiger partial charge in [-0.25, -0.2) is 9.18 Å². The molecule has 2 aromatic carbocycles. The second kappa shape index (κ2) is 8.35. The van der Waals surface area contributed by atoms with Crippen LogP contribution in [-0.2, 0) is 6.54 Å². The van der Waals surface area contributed by atoms with Crippen molar-refractivity contribution in [3.05, 3.63) is 77.1 Å². The standard InChI is InChI=1S/C20H22FN3O/c1-13-5-6-16(12-22-4)11-19(13)15(3)24-20(25)23-14(2)17-7-9-18(21)10-8-17/h5-11,22H,3,12H2,1-2,4H3,(H,24,25). The van der Waals surface area contributed by atoms with Gasteiger partial charge in [0.05, 0.1) is 5.71 Å². The molecule has 0 atom stereocenters. The Bertz CT molecular complexity index is 810. The Balaban J connectivity index is 2.12. The fourth-order valence-electron chi connectivity index (χ4n) is 2.44. The Morgan fingerprint density at radius 1 is 1.20 bits per heavy atom. The zero-order valence-electron chi connectivity index (χ0n) is 14.7. The second-order valence-electron chi connectivity index (χ2n) is 5.79. The molecular weight excluding hydrogens is 317 g/mol. The highest BCUT2D eigenvalue weighted by Gasteiger charge is 2.09. The summed E-state index contributed by atoms with van der Waals surface area (Å²) in [4.78, 5) is 16.2. The summed E-state index contributed by atoms with van der Waals surface area (Å²) < 4.78 is 13.0. The zero-order valence-corrected chi connectivity index (χ0v) is 14.7. The third-order valence-electron chi connectivity index (χ3n) is 3.80. The minimum absolute atomic E-state index is 0.327. The number of hydrogen-bond acceptors (Lipinski definition) is 2. The highest BCUT2D eigenvalue weighted by atomic mass is 19.1. The van der Waals surface area contributed by atoms with E-state index < -0.39 is 6.03 Å². The SMILES string of the molecule is C=C(NC(=O)N=C(C)c1ccc(F)cc1)c1cc(CNC)ccc1C. The molecule has 5 heteroatoms. The molecule has 130 valence electrons. The lowest BCUT2D eigenvalue weighted by atomic mass is 10.0. The number of benzene rings is 2. The maximum atomic E-state index is 13.0. The summed E-state index contributed by atoms with van der Waals surface area (Å²) in [6.45, 7) is 8.34. The van der Waals surface area contributed by atoms with Gasteiger partial charge in [-0.15, -0.1) is 0 Å². The summed E-state index contributed by atoms with van der Waals surface area (Å²) in [6, 6.07) is 11.3. The van der Waals surface area contributed by atoms with Gasteiger partial charge in [-0.05, 0) is 55.8 Å². The number of hydrogen-bond donors (Lipinski definition) is 2. The van der Waals surface area contributed by atoms with E-state index in [0.717, 1.165) is 23.2 Å². The van der Waals surface area contributed by atoms with Crippen LogP contribution in [0.25, 0.3) is 5.70 Å². The molecule has 0 saturated carbocycles. The van der Waals surface area contributed by atoms with Crippen molar-refractivity contribution < 1.29 is 9.18 Å². The van der Waals surface area contributed by atoms with Crippen molar-refractivity contribution in [3.8, 4) is 0 Å². The molecule has 0 fully saturated rings. The number of nitrogens with one attached hydrogen (secondary N) is 2. The molecule has 2 aromatic rings. The molecule has 0 spiro atoms. The molecule has 2 amide bonds. The first kappa shape index (κ1) is 18.5. The van der Waals surface area contributed by atoms with Gasteiger partial charge in [0.15, 0.2) is 0 Å². The molecule has 2 N–H and O–H groups in total. The molecule has 0 unspecified atom stereocenters. The average molecular weight is 339 g/mol. The first-order valence-corrected chi connectivity index (χ1v) is 7.96. The van der Waals surface area contributed by atoms with Crippen LogP contribution in [0.3, 0.4) is 0 Å². The van der Waals surface area contributed by atoms with Crippen molar-refractivity contribution in [1.29, 1.82) is 0 Å². The molecule has 25 heavy (non-hydrogen) atoms. The van der Waals surface area contributed by atoms with E-state index in [9.17, 15) is 9.18 Å². The van der Waals surface area contributed by atoms with E-state index in [1.165, 1.54) is 12.1 Å². The number of rotatable bonds is 5. The van der Waals surface area contributed by atoms with Crippen molar-refractivity contribution in [2.75, 3.05) is 7.05 Å². The molecule has 0 aliphatic rings. The number of aryl methyl sites for hydroxylation is 1. The Kier molecular flexibility index (Phi) is 6.19. The third kappa shape index (κ3) is 5.09. The Labute approximate surface area is 147 Å². The van der Waals surface area contributed by atoms with Gasteiger partial charge in [-0.2, -0.15) is 4.99 Å². The fraction of sp³-hybridized carbons (Fsp3) is 0.200. The minimum Gasteiger partial charge on any atom is -0.316 e. The van der Waals surface area contributed by atoms with E-state index in [1.54, 1.807) is 19.1 Å². The number of aliphatic imine (C=N–C) groups is 1. The second-order valence-corrected chi connectivity index (χ2v) is 5.79. The molecule has 0 bridgehead atoms. The number of urea groups is 1. The van der Waals surface area contributed by atoms with E-state index in [1.807, 2.05) is 32.2 Å². The van der Waals surface area contributed by atoms with Crippen LogP contribution in [0, 0.1) is 12.7 Å². The summed E-state index contributed by atoms with van der Waals surface area (Å²) in [5, 5.41) is 5.80. The Hall–Kier alpha value is -2.79. The van der Waals surface area contributed by atoms with Crippen molar-refractivity contribution >= 4 is 17.4 Å². The van der Waals surface area contributed by atoms with Gasteiger partial charge >= 0.3 is 6.03 Å². The predicted molar refractivity (Wildman–Crippen MR) is 100 cm³/mol. The first-order chi connectivity index (χ1) is 11.9. The Morgan fingerprint density at radius 3 is 2.52 bits per heavy atom. The monoisotopic (exact) mass is 339 g/mol. The average Bonchev–Trinajstić information content (AvgIpc) is 2.57. The van der Waals surface area contributed by atoms with Crippen LogP contribution in [0.1, 0.15) is 29.2 Å². The van der Waals surface area contributed by atoms with Crippen molar-refractivity contribution in [3.63, 3.8) is 0 Å². The fourth-order valence-corrected chi connectivity index (χ4v) is 2.44. The molecule has 0 saturated heterocycles. The van der Waals surface area contributed by atoms with Gasteiger partial charge in [0.1, 0.15) is 5.82 Å². The maximum absolute atomic E-state index is 13.0. The summed E-state index contributed by atoms with van der Waals surface area (Å²) in [6.07, 6.45) is 0. The smallest absolute Gasteiger partial charge is 0.316 e. The van der Waals surface area contributed by atoms with Crippen LogP contribution in [0.4, 0.5) is 9.18 Å². The third-order valence-corrected chi connectivity index (χ3v) is 3.80. The summed E-state index contributed by atoms with van der Waals surface area (Å²) >= 11 is 0. The number of nitrogens with zero attached hydrogens (tertiary/aromatic N) is 1. The molecule has 0 aliphatic carbocycles. The normalized spacial score (nSPS) is 11.3. The highest BCUT2D eigenvalue weighted by Crippen LogP contribution is 2.17. The van der Waals surface area contributed by atoms with Crippen LogP contribution in [0.2, 0.25) is 0 Å². The Morgan fingerprint density at radius 2 is 1.88 bits per heavy atom. The van der Waals surface area contributed by atoms with Crippen molar-refractivity contribution in [1.82, 2.24) is 10.6 Å². The van der Waals surface area contributed by atoms with Gasteiger partial charge in [0, 0.05) is 17.8 Å². The van der Waals surface area contributed by atoms with E-state index in [2.05, 4.69) is 22.2 Å². The van der Waals surface area contributed by atoms with Crippen molar-refractivity contribution in [2.45, 2.75) is 20.4 Å². The molecule has 0 heterocycles. The van der Waals surface area contributed by atoms with Crippen LogP contribution in [0.5, 0.6) is 0 Å². The van der Waals surface area contributed by atoms with E-state index in [-0.39, 0.29) is 5.82 Å². The van der Waals surface area contributed by atoms with Gasteiger partial charge in [-0.1, -0.05) is 30.8 Å². The lowest BCUT2D eigenvalue weighted by molar-refractivity contribution is 0.253. The molecule has 2 rings (SSSR count). The van der Waals surface area contributed by atoms with Gasteiger partial charge in [-0.3, -0.25) is 0 Å². The van der Waals surface area contributed by atoms with Crippen LogP contribution >= 0.6 is 0 Å². The highest BCUT2D eigenvalue weighted by molar-refractivity contribution is 6.05. The van der Waals surface area contributed by atoms with Crippen LogP contribution < -0.4 is 10.6 Å². The molecule has 0 aromatic heterocycles. The quantitative estimate of drug-likeness (QED) is 0.808.